The zero-order valence-electron chi connectivity index (χ0n) is 21.9. The van der Waals surface area contributed by atoms with Gasteiger partial charge in [-0.2, -0.15) is 0 Å². The van der Waals surface area contributed by atoms with E-state index in [9.17, 15) is 14.0 Å². The van der Waals surface area contributed by atoms with E-state index >= 15 is 0 Å². The van der Waals surface area contributed by atoms with Gasteiger partial charge in [-0.1, -0.05) is 48.5 Å². The number of methoxy groups -OCH3 is 2. The Hall–Kier alpha value is -4.07. The summed E-state index contributed by atoms with van der Waals surface area (Å²) >= 11 is 0. The van der Waals surface area contributed by atoms with Crippen molar-refractivity contribution in [1.82, 2.24) is 4.90 Å². The SMILES string of the molecule is COC(=O)C(c1ccccc1OC)N1C(=O)N(C2CCN(c3c(C)cccc3F)CC2)Cc2ccccc21. The van der Waals surface area contributed by atoms with Crippen molar-refractivity contribution in [2.75, 3.05) is 37.1 Å². The van der Waals surface area contributed by atoms with Crippen molar-refractivity contribution in [3.05, 3.63) is 89.2 Å². The topological polar surface area (TPSA) is 62.3 Å². The molecule has 2 aliphatic rings. The number of anilines is 2. The van der Waals surface area contributed by atoms with Crippen LogP contribution in [-0.2, 0) is 16.1 Å². The Morgan fingerprint density at radius 2 is 1.68 bits per heavy atom. The number of para-hydroxylation sites is 3. The molecule has 2 amide bonds. The van der Waals surface area contributed by atoms with Gasteiger partial charge in [0.25, 0.3) is 0 Å². The Bertz CT molecular complexity index is 1320. The molecule has 2 aliphatic heterocycles. The van der Waals surface area contributed by atoms with Gasteiger partial charge in [0, 0.05) is 31.2 Å². The summed E-state index contributed by atoms with van der Waals surface area (Å²) in [5.41, 5.74) is 3.70. The third-order valence-corrected chi connectivity index (χ3v) is 7.57. The Balaban J connectivity index is 1.48. The molecule has 8 heteroatoms. The van der Waals surface area contributed by atoms with Crippen molar-refractivity contribution in [2.24, 2.45) is 0 Å². The molecular formula is C30H32FN3O4. The lowest BCUT2D eigenvalue weighted by molar-refractivity contribution is -0.142. The van der Waals surface area contributed by atoms with Gasteiger partial charge in [0.2, 0.25) is 0 Å². The molecule has 0 bridgehead atoms. The molecule has 1 unspecified atom stereocenters. The number of fused-ring (bicyclic) bond motifs is 1. The van der Waals surface area contributed by atoms with E-state index in [1.165, 1.54) is 25.2 Å². The molecule has 5 rings (SSSR count). The minimum atomic E-state index is -1.02. The number of hydrogen-bond acceptors (Lipinski definition) is 5. The van der Waals surface area contributed by atoms with Gasteiger partial charge in [-0.15, -0.1) is 0 Å². The van der Waals surface area contributed by atoms with Crippen molar-refractivity contribution in [2.45, 2.75) is 38.4 Å². The van der Waals surface area contributed by atoms with E-state index in [1.54, 1.807) is 18.2 Å². The molecule has 0 spiro atoms. The van der Waals surface area contributed by atoms with Crippen molar-refractivity contribution in [1.29, 1.82) is 0 Å². The third kappa shape index (κ3) is 4.55. The highest BCUT2D eigenvalue weighted by Gasteiger charge is 2.43. The molecule has 0 N–H and O–H groups in total. The molecule has 0 saturated carbocycles. The Morgan fingerprint density at radius 1 is 0.974 bits per heavy atom. The summed E-state index contributed by atoms with van der Waals surface area (Å²) in [5, 5.41) is 0. The minimum absolute atomic E-state index is 0.0577. The number of hydrogen-bond donors (Lipinski definition) is 0. The quantitative estimate of drug-likeness (QED) is 0.406. The standard InChI is InChI=1S/C30H32FN3O4/c1-20-9-8-12-24(31)27(20)32-17-15-22(16-18-32)33-19-21-10-4-6-13-25(21)34(30(33)36)28(29(35)38-3)23-11-5-7-14-26(23)37-2/h4-14,22,28H,15-19H2,1-3H3. The first-order chi connectivity index (χ1) is 18.4. The van der Waals surface area contributed by atoms with Crippen LogP contribution in [0.25, 0.3) is 0 Å². The van der Waals surface area contributed by atoms with Gasteiger partial charge in [-0.05, 0) is 49.1 Å². The highest BCUT2D eigenvalue weighted by Crippen LogP contribution is 2.40. The second-order valence-electron chi connectivity index (χ2n) is 9.70. The van der Waals surface area contributed by atoms with Crippen LogP contribution in [0.2, 0.25) is 0 Å². The van der Waals surface area contributed by atoms with Crippen LogP contribution in [0.1, 0.15) is 35.6 Å². The van der Waals surface area contributed by atoms with E-state index in [1.807, 2.05) is 54.3 Å². The maximum Gasteiger partial charge on any atom is 0.333 e. The van der Waals surface area contributed by atoms with Crippen molar-refractivity contribution in [3.63, 3.8) is 0 Å². The molecule has 3 aromatic carbocycles. The second kappa shape index (κ2) is 10.7. The first kappa shape index (κ1) is 25.6. The monoisotopic (exact) mass is 517 g/mol. The van der Waals surface area contributed by atoms with Crippen molar-refractivity contribution < 1.29 is 23.5 Å². The fraction of sp³-hybridized carbons (Fsp3) is 0.333. The van der Waals surface area contributed by atoms with Crippen LogP contribution in [0.4, 0.5) is 20.6 Å². The summed E-state index contributed by atoms with van der Waals surface area (Å²) in [6.07, 6.45) is 1.38. The molecule has 0 radical (unpaired) electrons. The van der Waals surface area contributed by atoms with Gasteiger partial charge >= 0.3 is 12.0 Å². The predicted molar refractivity (Wildman–Crippen MR) is 144 cm³/mol. The number of carbonyl (C=O) groups excluding carboxylic acids is 2. The lowest BCUT2D eigenvalue weighted by Gasteiger charge is -2.46. The van der Waals surface area contributed by atoms with E-state index in [0.29, 0.717) is 55.2 Å². The number of aryl methyl sites for hydroxylation is 1. The molecule has 7 nitrogen and oxygen atoms in total. The minimum Gasteiger partial charge on any atom is -0.496 e. The number of ether oxygens (including phenoxy) is 2. The second-order valence-corrected chi connectivity index (χ2v) is 9.70. The summed E-state index contributed by atoms with van der Waals surface area (Å²) in [5.74, 6) is -0.279. The summed E-state index contributed by atoms with van der Waals surface area (Å²) < 4.78 is 25.4. The molecular weight excluding hydrogens is 485 g/mol. The Morgan fingerprint density at radius 3 is 2.39 bits per heavy atom. The molecule has 1 atom stereocenters. The van der Waals surface area contributed by atoms with Crippen LogP contribution in [0, 0.1) is 12.7 Å². The summed E-state index contributed by atoms with van der Waals surface area (Å²) in [7, 11) is 2.86. The van der Waals surface area contributed by atoms with Gasteiger partial charge in [-0.3, -0.25) is 4.90 Å². The van der Waals surface area contributed by atoms with E-state index in [-0.39, 0.29) is 17.9 Å². The fourth-order valence-electron chi connectivity index (χ4n) is 5.71. The number of benzene rings is 3. The lowest BCUT2D eigenvalue weighted by Crippen LogP contribution is -2.56. The third-order valence-electron chi connectivity index (χ3n) is 7.57. The zero-order valence-corrected chi connectivity index (χ0v) is 21.9. The molecule has 38 heavy (non-hydrogen) atoms. The average molecular weight is 518 g/mol. The lowest BCUT2D eigenvalue weighted by atomic mass is 9.97. The van der Waals surface area contributed by atoms with E-state index in [0.717, 1.165) is 11.1 Å². The van der Waals surface area contributed by atoms with Crippen molar-refractivity contribution >= 4 is 23.4 Å². The van der Waals surface area contributed by atoms with E-state index < -0.39 is 12.0 Å². The highest BCUT2D eigenvalue weighted by atomic mass is 19.1. The summed E-state index contributed by atoms with van der Waals surface area (Å²) in [6.45, 7) is 3.61. The fourth-order valence-corrected chi connectivity index (χ4v) is 5.71. The largest absolute Gasteiger partial charge is 0.496 e. The number of nitrogens with zero attached hydrogens (tertiary/aromatic N) is 3. The first-order valence-corrected chi connectivity index (χ1v) is 12.8. The number of halogens is 1. The molecule has 1 fully saturated rings. The first-order valence-electron chi connectivity index (χ1n) is 12.8. The highest BCUT2D eigenvalue weighted by molar-refractivity contribution is 6.01. The number of urea groups is 1. The number of piperidine rings is 1. The Kier molecular flexibility index (Phi) is 7.22. The maximum absolute atomic E-state index is 14.6. The van der Waals surface area contributed by atoms with Gasteiger partial charge in [-0.25, -0.2) is 14.0 Å². The van der Waals surface area contributed by atoms with E-state index in [2.05, 4.69) is 4.90 Å². The number of carbonyl (C=O) groups is 2. The smallest absolute Gasteiger partial charge is 0.333 e. The molecule has 2 heterocycles. The van der Waals surface area contributed by atoms with Crippen LogP contribution in [0.15, 0.2) is 66.7 Å². The predicted octanol–water partition coefficient (Wildman–Crippen LogP) is 5.47. The van der Waals surface area contributed by atoms with Crippen LogP contribution in [0.3, 0.4) is 0 Å². The molecule has 198 valence electrons. The van der Waals surface area contributed by atoms with Crippen LogP contribution in [-0.4, -0.2) is 50.3 Å². The summed E-state index contributed by atoms with van der Waals surface area (Å²) in [6, 6.07) is 18.6. The average Bonchev–Trinajstić information content (AvgIpc) is 2.94. The zero-order chi connectivity index (χ0) is 26.8. The van der Waals surface area contributed by atoms with Gasteiger partial charge in [0.1, 0.15) is 11.6 Å². The van der Waals surface area contributed by atoms with Crippen LogP contribution >= 0.6 is 0 Å². The number of esters is 1. The normalized spacial score (nSPS) is 16.7. The molecule has 0 aromatic heterocycles. The maximum atomic E-state index is 14.6. The van der Waals surface area contributed by atoms with Gasteiger partial charge in [0.05, 0.1) is 25.6 Å². The van der Waals surface area contributed by atoms with Gasteiger partial charge < -0.3 is 19.3 Å². The molecule has 0 aliphatic carbocycles. The van der Waals surface area contributed by atoms with Crippen LogP contribution < -0.4 is 14.5 Å². The summed E-state index contributed by atoms with van der Waals surface area (Å²) in [4.78, 5) is 32.9. The van der Waals surface area contributed by atoms with E-state index in [4.69, 9.17) is 9.47 Å². The molecule has 1 saturated heterocycles. The van der Waals surface area contributed by atoms with Gasteiger partial charge in [0.15, 0.2) is 6.04 Å². The molecule has 3 aromatic rings. The Labute approximate surface area is 222 Å². The van der Waals surface area contributed by atoms with Crippen molar-refractivity contribution in [3.8, 4) is 5.75 Å². The number of amides is 2. The number of rotatable bonds is 6. The van der Waals surface area contributed by atoms with Crippen LogP contribution in [0.5, 0.6) is 5.75 Å².